The van der Waals surface area contributed by atoms with Gasteiger partial charge in [0.15, 0.2) is 5.76 Å². The minimum atomic E-state index is 0.0638. The summed E-state index contributed by atoms with van der Waals surface area (Å²) in [6, 6.07) is 8.11. The Balaban J connectivity index is 1.92. The number of aromatic nitrogens is 1. The van der Waals surface area contributed by atoms with Gasteiger partial charge in [0, 0.05) is 18.2 Å². The maximum atomic E-state index is 5.81. The number of nitrogens with zero attached hydrogens (tertiary/aromatic N) is 1. The summed E-state index contributed by atoms with van der Waals surface area (Å²) in [5.41, 5.74) is 3.26. The van der Waals surface area contributed by atoms with Crippen LogP contribution in [0.25, 0.3) is 0 Å². The van der Waals surface area contributed by atoms with Gasteiger partial charge in [-0.2, -0.15) is 0 Å². The minimum absolute atomic E-state index is 0.0638. The van der Waals surface area contributed by atoms with Gasteiger partial charge < -0.3 is 14.6 Å². The number of hydrogen-bond acceptors (Lipinski definition) is 4. The Morgan fingerprint density at radius 2 is 1.95 bits per heavy atom. The molecule has 0 spiro atoms. The highest BCUT2D eigenvalue weighted by atomic mass is 16.5. The third-order valence-electron chi connectivity index (χ3n) is 3.12. The standard InChI is InChI=1S/C17H24N2O2/c1-12-6-7-13(2)16(8-12)20-11-15-9-14(19-21-15)10-18-17(3,4)5/h6-9,18H,10-11H2,1-5H3. The molecule has 0 fully saturated rings. The van der Waals surface area contributed by atoms with Crippen LogP contribution >= 0.6 is 0 Å². The van der Waals surface area contributed by atoms with Gasteiger partial charge in [-0.1, -0.05) is 17.3 Å². The molecular weight excluding hydrogens is 264 g/mol. The number of rotatable bonds is 5. The van der Waals surface area contributed by atoms with E-state index in [1.54, 1.807) is 0 Å². The van der Waals surface area contributed by atoms with Crippen LogP contribution in [0.2, 0.25) is 0 Å². The van der Waals surface area contributed by atoms with Crippen molar-refractivity contribution in [2.24, 2.45) is 0 Å². The summed E-state index contributed by atoms with van der Waals surface area (Å²) in [6.45, 7) is 11.5. The molecule has 0 saturated heterocycles. The lowest BCUT2D eigenvalue weighted by atomic mass is 10.1. The molecule has 1 N–H and O–H groups in total. The molecule has 114 valence electrons. The molecule has 0 aliphatic heterocycles. The van der Waals surface area contributed by atoms with Gasteiger partial charge in [-0.05, 0) is 51.8 Å². The highest BCUT2D eigenvalue weighted by Gasteiger charge is 2.11. The molecule has 0 saturated carbocycles. The molecule has 0 bridgehead atoms. The Kier molecular flexibility index (Phi) is 4.68. The van der Waals surface area contributed by atoms with Gasteiger partial charge >= 0.3 is 0 Å². The van der Waals surface area contributed by atoms with Crippen LogP contribution < -0.4 is 10.1 Å². The first kappa shape index (κ1) is 15.6. The van der Waals surface area contributed by atoms with E-state index in [-0.39, 0.29) is 5.54 Å². The zero-order valence-electron chi connectivity index (χ0n) is 13.5. The largest absolute Gasteiger partial charge is 0.485 e. The van der Waals surface area contributed by atoms with Crippen LogP contribution in [0.3, 0.4) is 0 Å². The molecule has 1 heterocycles. The van der Waals surface area contributed by atoms with Crippen molar-refractivity contribution in [1.82, 2.24) is 10.5 Å². The first-order valence-electron chi connectivity index (χ1n) is 7.23. The average Bonchev–Trinajstić information content (AvgIpc) is 2.85. The van der Waals surface area contributed by atoms with Gasteiger partial charge in [0.1, 0.15) is 12.4 Å². The van der Waals surface area contributed by atoms with E-state index in [4.69, 9.17) is 9.26 Å². The van der Waals surface area contributed by atoms with Gasteiger partial charge in [-0.3, -0.25) is 0 Å². The molecule has 0 unspecified atom stereocenters. The Morgan fingerprint density at radius 1 is 1.19 bits per heavy atom. The third-order valence-corrected chi connectivity index (χ3v) is 3.12. The number of aryl methyl sites for hydroxylation is 2. The molecule has 0 aliphatic rings. The molecule has 1 aromatic carbocycles. The van der Waals surface area contributed by atoms with Gasteiger partial charge in [0.25, 0.3) is 0 Å². The van der Waals surface area contributed by atoms with Crippen molar-refractivity contribution in [3.63, 3.8) is 0 Å². The summed E-state index contributed by atoms with van der Waals surface area (Å²) in [7, 11) is 0. The van der Waals surface area contributed by atoms with Crippen LogP contribution in [-0.4, -0.2) is 10.7 Å². The Labute approximate surface area is 126 Å². The van der Waals surface area contributed by atoms with Crippen LogP contribution in [0.15, 0.2) is 28.8 Å². The molecule has 1 aromatic heterocycles. The smallest absolute Gasteiger partial charge is 0.174 e. The predicted octanol–water partition coefficient (Wildman–Crippen LogP) is 3.76. The van der Waals surface area contributed by atoms with E-state index < -0.39 is 0 Å². The van der Waals surface area contributed by atoms with Crippen molar-refractivity contribution in [2.75, 3.05) is 0 Å². The molecular formula is C17H24N2O2. The summed E-state index contributed by atoms with van der Waals surface area (Å²) in [5, 5.41) is 7.43. The van der Waals surface area contributed by atoms with Crippen LogP contribution in [-0.2, 0) is 13.2 Å². The highest BCUT2D eigenvalue weighted by Crippen LogP contribution is 2.20. The van der Waals surface area contributed by atoms with Gasteiger partial charge in [-0.25, -0.2) is 0 Å². The molecule has 4 nitrogen and oxygen atoms in total. The lowest BCUT2D eigenvalue weighted by Crippen LogP contribution is -2.35. The maximum Gasteiger partial charge on any atom is 0.174 e. The van der Waals surface area contributed by atoms with E-state index in [0.29, 0.717) is 13.2 Å². The van der Waals surface area contributed by atoms with Crippen molar-refractivity contribution < 1.29 is 9.26 Å². The molecule has 21 heavy (non-hydrogen) atoms. The first-order valence-corrected chi connectivity index (χ1v) is 7.23. The van der Waals surface area contributed by atoms with Gasteiger partial charge in [0.2, 0.25) is 0 Å². The molecule has 4 heteroatoms. The SMILES string of the molecule is Cc1ccc(C)c(OCc2cc(CNC(C)(C)C)no2)c1. The van der Waals surface area contributed by atoms with E-state index in [1.807, 2.05) is 19.1 Å². The predicted molar refractivity (Wildman–Crippen MR) is 83.3 cm³/mol. The van der Waals surface area contributed by atoms with Crippen molar-refractivity contribution >= 4 is 0 Å². The topological polar surface area (TPSA) is 47.3 Å². The summed E-state index contributed by atoms with van der Waals surface area (Å²) in [5.74, 6) is 1.63. The fraction of sp³-hybridized carbons (Fsp3) is 0.471. The quantitative estimate of drug-likeness (QED) is 0.910. The summed E-state index contributed by atoms with van der Waals surface area (Å²) < 4.78 is 11.1. The maximum absolute atomic E-state index is 5.81. The zero-order chi connectivity index (χ0) is 15.5. The van der Waals surface area contributed by atoms with Crippen LogP contribution in [0.1, 0.15) is 43.4 Å². The fourth-order valence-corrected chi connectivity index (χ4v) is 1.87. The van der Waals surface area contributed by atoms with E-state index >= 15 is 0 Å². The molecule has 0 amide bonds. The number of nitrogens with one attached hydrogen (secondary N) is 1. The van der Waals surface area contributed by atoms with E-state index in [1.165, 1.54) is 5.56 Å². The summed E-state index contributed by atoms with van der Waals surface area (Å²) >= 11 is 0. The van der Waals surface area contributed by atoms with E-state index in [2.05, 4.69) is 50.3 Å². The Hall–Kier alpha value is -1.81. The lowest BCUT2D eigenvalue weighted by Gasteiger charge is -2.19. The Bertz CT molecular complexity index is 597. The molecule has 2 aromatic rings. The normalized spacial score (nSPS) is 11.7. The number of hydrogen-bond donors (Lipinski definition) is 1. The van der Waals surface area contributed by atoms with Crippen molar-refractivity contribution in [2.45, 2.75) is 53.3 Å². The monoisotopic (exact) mass is 288 g/mol. The fourth-order valence-electron chi connectivity index (χ4n) is 1.87. The number of benzene rings is 1. The number of ether oxygens (including phenoxy) is 1. The average molecular weight is 288 g/mol. The van der Waals surface area contributed by atoms with Crippen molar-refractivity contribution in [1.29, 1.82) is 0 Å². The zero-order valence-corrected chi connectivity index (χ0v) is 13.5. The molecule has 2 rings (SSSR count). The van der Waals surface area contributed by atoms with Crippen LogP contribution in [0.5, 0.6) is 5.75 Å². The van der Waals surface area contributed by atoms with Gasteiger partial charge in [-0.15, -0.1) is 0 Å². The highest BCUT2D eigenvalue weighted by molar-refractivity contribution is 5.36. The van der Waals surface area contributed by atoms with Crippen LogP contribution in [0, 0.1) is 13.8 Å². The molecule has 0 radical (unpaired) electrons. The minimum Gasteiger partial charge on any atom is -0.485 e. The summed E-state index contributed by atoms with van der Waals surface area (Å²) in [6.07, 6.45) is 0. The Morgan fingerprint density at radius 3 is 2.67 bits per heavy atom. The lowest BCUT2D eigenvalue weighted by molar-refractivity contribution is 0.246. The molecule has 0 aliphatic carbocycles. The first-order chi connectivity index (χ1) is 9.83. The third kappa shape index (κ3) is 4.90. The van der Waals surface area contributed by atoms with Crippen molar-refractivity contribution in [3.05, 3.63) is 46.8 Å². The molecule has 0 atom stereocenters. The van der Waals surface area contributed by atoms with E-state index in [0.717, 1.165) is 22.8 Å². The van der Waals surface area contributed by atoms with E-state index in [9.17, 15) is 0 Å². The summed E-state index contributed by atoms with van der Waals surface area (Å²) in [4.78, 5) is 0. The second-order valence-electron chi connectivity index (χ2n) is 6.45. The second kappa shape index (κ2) is 6.31. The van der Waals surface area contributed by atoms with Gasteiger partial charge in [0.05, 0.1) is 5.69 Å². The second-order valence-corrected chi connectivity index (χ2v) is 6.45. The van der Waals surface area contributed by atoms with Crippen LogP contribution in [0.4, 0.5) is 0 Å². The van der Waals surface area contributed by atoms with Crippen molar-refractivity contribution in [3.8, 4) is 5.75 Å².